The van der Waals surface area contributed by atoms with Gasteiger partial charge in [-0.2, -0.15) is 0 Å². The largest absolute Gasteiger partial charge is 0.359 e. The van der Waals surface area contributed by atoms with Gasteiger partial charge in [0.05, 0.1) is 0 Å². The van der Waals surface area contributed by atoms with Crippen LogP contribution >= 0.6 is 0 Å². The summed E-state index contributed by atoms with van der Waals surface area (Å²) in [6.07, 6.45) is 0.439. The normalized spacial score (nSPS) is 21.5. The Morgan fingerprint density at radius 3 is 2.11 bits per heavy atom. The van der Waals surface area contributed by atoms with E-state index in [4.69, 9.17) is 4.74 Å². The average Bonchev–Trinajstić information content (AvgIpc) is 3.28. The Morgan fingerprint density at radius 1 is 0.579 bits per heavy atom. The van der Waals surface area contributed by atoms with Crippen molar-refractivity contribution in [2.45, 2.75) is 12.2 Å². The monoisotopic (exact) mass is 246 g/mol. The van der Waals surface area contributed by atoms with Gasteiger partial charge < -0.3 is 4.74 Å². The first kappa shape index (κ1) is 10.8. The third-order valence-corrected chi connectivity index (χ3v) is 3.72. The van der Waals surface area contributed by atoms with Crippen molar-refractivity contribution < 1.29 is 4.74 Å². The van der Waals surface area contributed by atoms with Gasteiger partial charge in [0.2, 0.25) is 0 Å². The summed E-state index contributed by atoms with van der Waals surface area (Å²) in [6.45, 7) is 0. The second kappa shape index (κ2) is 4.22. The van der Waals surface area contributed by atoms with Gasteiger partial charge in [0.1, 0.15) is 12.2 Å². The predicted molar refractivity (Wildman–Crippen MR) is 77.0 cm³/mol. The molecule has 3 aromatic rings. The molecule has 0 bridgehead atoms. The molecule has 1 nitrogen and oxygen atoms in total. The molecule has 1 fully saturated rings. The summed E-state index contributed by atoms with van der Waals surface area (Å²) in [6, 6.07) is 25.5. The fourth-order valence-electron chi connectivity index (χ4n) is 2.65. The van der Waals surface area contributed by atoms with Gasteiger partial charge in [-0.25, -0.2) is 0 Å². The first-order valence-corrected chi connectivity index (χ1v) is 6.61. The molecule has 4 rings (SSSR count). The zero-order valence-corrected chi connectivity index (χ0v) is 10.5. The molecule has 0 radical (unpaired) electrons. The highest BCUT2D eigenvalue weighted by atomic mass is 16.6. The highest BCUT2D eigenvalue weighted by molar-refractivity contribution is 5.83. The van der Waals surface area contributed by atoms with Crippen molar-refractivity contribution >= 4 is 10.8 Å². The third kappa shape index (κ3) is 1.92. The fourth-order valence-corrected chi connectivity index (χ4v) is 2.65. The lowest BCUT2D eigenvalue weighted by Gasteiger charge is -2.01. The maximum Gasteiger partial charge on any atom is 0.114 e. The highest BCUT2D eigenvalue weighted by Crippen LogP contribution is 2.51. The smallest absolute Gasteiger partial charge is 0.114 e. The van der Waals surface area contributed by atoms with Crippen LogP contribution in [0.2, 0.25) is 0 Å². The second-order valence-corrected chi connectivity index (χ2v) is 4.99. The van der Waals surface area contributed by atoms with E-state index in [1.165, 1.54) is 21.9 Å². The van der Waals surface area contributed by atoms with E-state index < -0.39 is 0 Å². The summed E-state index contributed by atoms with van der Waals surface area (Å²) >= 11 is 0. The summed E-state index contributed by atoms with van der Waals surface area (Å²) in [7, 11) is 0. The van der Waals surface area contributed by atoms with Crippen molar-refractivity contribution in [3.63, 3.8) is 0 Å². The van der Waals surface area contributed by atoms with Crippen LogP contribution in [0, 0.1) is 0 Å². The molecule has 0 spiro atoms. The van der Waals surface area contributed by atoms with Crippen molar-refractivity contribution in [2.75, 3.05) is 0 Å². The first-order chi connectivity index (χ1) is 9.42. The quantitative estimate of drug-likeness (QED) is 0.599. The zero-order chi connectivity index (χ0) is 12.7. The van der Waals surface area contributed by atoms with Gasteiger partial charge in [-0.15, -0.1) is 0 Å². The molecule has 2 atom stereocenters. The number of rotatable bonds is 2. The van der Waals surface area contributed by atoms with Crippen LogP contribution in [0.5, 0.6) is 0 Å². The van der Waals surface area contributed by atoms with E-state index in [0.717, 1.165) is 0 Å². The van der Waals surface area contributed by atoms with Gasteiger partial charge in [0, 0.05) is 0 Å². The fraction of sp³-hybridized carbons (Fsp3) is 0.111. The second-order valence-electron chi connectivity index (χ2n) is 4.99. The van der Waals surface area contributed by atoms with E-state index in [9.17, 15) is 0 Å². The molecule has 92 valence electrons. The number of ether oxygens (including phenoxy) is 1. The van der Waals surface area contributed by atoms with Gasteiger partial charge >= 0.3 is 0 Å². The van der Waals surface area contributed by atoms with Crippen LogP contribution in [-0.2, 0) is 4.74 Å². The van der Waals surface area contributed by atoms with Crippen LogP contribution < -0.4 is 0 Å². The van der Waals surface area contributed by atoms with Crippen LogP contribution in [-0.4, -0.2) is 0 Å². The topological polar surface area (TPSA) is 12.5 Å². The highest BCUT2D eigenvalue weighted by Gasteiger charge is 2.41. The Morgan fingerprint density at radius 2 is 1.26 bits per heavy atom. The summed E-state index contributed by atoms with van der Waals surface area (Å²) in [5.74, 6) is 0. The molecule has 1 aliphatic rings. The number of hydrogen-bond acceptors (Lipinski definition) is 1. The molecule has 0 unspecified atom stereocenters. The molecule has 1 saturated heterocycles. The van der Waals surface area contributed by atoms with E-state index >= 15 is 0 Å². The number of hydrogen-bond donors (Lipinski definition) is 0. The molecular weight excluding hydrogens is 232 g/mol. The molecule has 1 aliphatic heterocycles. The minimum Gasteiger partial charge on any atom is -0.359 e. The average molecular weight is 246 g/mol. The van der Waals surface area contributed by atoms with E-state index in [-0.39, 0.29) is 12.2 Å². The van der Waals surface area contributed by atoms with E-state index in [0.29, 0.717) is 0 Å². The van der Waals surface area contributed by atoms with Gasteiger partial charge in [-0.3, -0.25) is 0 Å². The molecule has 1 heteroatoms. The van der Waals surface area contributed by atoms with Gasteiger partial charge in [0.15, 0.2) is 0 Å². The molecule has 1 heterocycles. The van der Waals surface area contributed by atoms with Crippen molar-refractivity contribution in [2.24, 2.45) is 0 Å². The van der Waals surface area contributed by atoms with E-state index in [2.05, 4.69) is 66.7 Å². The Bertz CT molecular complexity index is 718. The minimum absolute atomic E-state index is 0.215. The van der Waals surface area contributed by atoms with Crippen molar-refractivity contribution in [1.82, 2.24) is 0 Å². The standard InChI is InChI=1S/C18H14O/c1-2-7-14(8-3-1)17-18(19-17)16-11-10-13-6-4-5-9-15(13)12-16/h1-12,17-18H/t17-,18-/m0/s1. The maximum atomic E-state index is 5.84. The molecule has 0 N–H and O–H groups in total. The Labute approximate surface area is 112 Å². The van der Waals surface area contributed by atoms with E-state index in [1.54, 1.807) is 0 Å². The van der Waals surface area contributed by atoms with Crippen LogP contribution in [0.1, 0.15) is 23.3 Å². The summed E-state index contributed by atoms with van der Waals surface area (Å²) in [5.41, 5.74) is 2.54. The Kier molecular flexibility index (Phi) is 2.39. The van der Waals surface area contributed by atoms with Gasteiger partial charge in [-0.05, 0) is 28.0 Å². The first-order valence-electron chi connectivity index (χ1n) is 6.61. The van der Waals surface area contributed by atoms with Crippen LogP contribution in [0.4, 0.5) is 0 Å². The molecule has 0 aromatic heterocycles. The lowest BCUT2D eigenvalue weighted by Crippen LogP contribution is -1.84. The molecule has 0 aliphatic carbocycles. The molecular formula is C18H14O. The van der Waals surface area contributed by atoms with Crippen molar-refractivity contribution in [3.8, 4) is 0 Å². The molecule has 0 saturated carbocycles. The summed E-state index contributed by atoms with van der Waals surface area (Å²) < 4.78 is 5.84. The SMILES string of the molecule is c1ccc([C@@H]2O[C@H]2c2ccc3ccccc3c2)cc1. The Balaban J connectivity index is 1.66. The third-order valence-electron chi connectivity index (χ3n) is 3.72. The summed E-state index contributed by atoms with van der Waals surface area (Å²) in [4.78, 5) is 0. The number of epoxide rings is 1. The van der Waals surface area contributed by atoms with E-state index in [1.807, 2.05) is 6.07 Å². The lowest BCUT2D eigenvalue weighted by atomic mass is 10.0. The molecule has 0 amide bonds. The number of fused-ring (bicyclic) bond motifs is 1. The van der Waals surface area contributed by atoms with Crippen LogP contribution in [0.3, 0.4) is 0 Å². The molecule has 3 aromatic carbocycles. The predicted octanol–water partition coefficient (Wildman–Crippen LogP) is 4.65. The Hall–Kier alpha value is -2.12. The van der Waals surface area contributed by atoms with Gasteiger partial charge in [0.25, 0.3) is 0 Å². The van der Waals surface area contributed by atoms with Crippen LogP contribution in [0.15, 0.2) is 72.8 Å². The lowest BCUT2D eigenvalue weighted by molar-refractivity contribution is 0.378. The minimum atomic E-state index is 0.215. The van der Waals surface area contributed by atoms with Crippen molar-refractivity contribution in [3.05, 3.63) is 83.9 Å². The maximum absolute atomic E-state index is 5.84. The van der Waals surface area contributed by atoms with Gasteiger partial charge in [-0.1, -0.05) is 66.7 Å². The van der Waals surface area contributed by atoms with Crippen molar-refractivity contribution in [1.29, 1.82) is 0 Å². The molecule has 19 heavy (non-hydrogen) atoms. The van der Waals surface area contributed by atoms with Crippen LogP contribution in [0.25, 0.3) is 10.8 Å². The zero-order valence-electron chi connectivity index (χ0n) is 10.5. The number of benzene rings is 3. The summed E-state index contributed by atoms with van der Waals surface area (Å²) in [5, 5.41) is 2.56.